The molecule has 1 amide bonds. The Bertz CT molecular complexity index is 862. The highest BCUT2D eigenvalue weighted by Gasteiger charge is 2.06. The van der Waals surface area contributed by atoms with Crippen molar-refractivity contribution in [2.75, 3.05) is 17.7 Å². The molecule has 0 aliphatic carbocycles. The van der Waals surface area contributed by atoms with Crippen molar-refractivity contribution in [2.24, 2.45) is 0 Å². The van der Waals surface area contributed by atoms with Crippen LogP contribution in [0.3, 0.4) is 0 Å². The largest absolute Gasteiger partial charge is 0.497 e. The molecule has 0 aliphatic heterocycles. The van der Waals surface area contributed by atoms with Crippen LogP contribution >= 0.6 is 0 Å². The van der Waals surface area contributed by atoms with Gasteiger partial charge in [-0.05, 0) is 60.7 Å². The molecule has 0 aliphatic rings. The minimum atomic E-state index is -0.371. The van der Waals surface area contributed by atoms with Crippen LogP contribution in [0.2, 0.25) is 0 Å². The van der Waals surface area contributed by atoms with Crippen LogP contribution in [0.15, 0.2) is 72.8 Å². The van der Waals surface area contributed by atoms with Gasteiger partial charge in [0.2, 0.25) is 0 Å². The molecule has 0 spiro atoms. The standard InChI is InChI=1S/C20H17FN2O2/c1-25-19-4-2-3-18(13-19)22-16-9-11-17(12-10-16)23-20(24)14-5-7-15(21)8-6-14/h2-13,22H,1H3,(H,23,24). The first kappa shape index (κ1) is 16.5. The number of benzene rings is 3. The summed E-state index contributed by atoms with van der Waals surface area (Å²) in [6, 6.07) is 20.3. The summed E-state index contributed by atoms with van der Waals surface area (Å²) in [4.78, 5) is 12.1. The second-order valence-electron chi connectivity index (χ2n) is 5.40. The molecule has 0 aromatic heterocycles. The fraction of sp³-hybridized carbons (Fsp3) is 0.0500. The number of amides is 1. The Morgan fingerprint density at radius 3 is 2.24 bits per heavy atom. The van der Waals surface area contributed by atoms with Crippen molar-refractivity contribution >= 4 is 23.0 Å². The number of nitrogens with one attached hydrogen (secondary N) is 2. The number of halogens is 1. The molecule has 0 radical (unpaired) electrons. The van der Waals surface area contributed by atoms with E-state index in [1.165, 1.54) is 24.3 Å². The Kier molecular flexibility index (Phi) is 4.95. The second kappa shape index (κ2) is 7.49. The molecule has 0 unspecified atom stereocenters. The van der Waals surface area contributed by atoms with Crippen LogP contribution in [0.5, 0.6) is 5.75 Å². The highest BCUT2D eigenvalue weighted by Crippen LogP contribution is 2.22. The van der Waals surface area contributed by atoms with E-state index < -0.39 is 0 Å². The molecular formula is C20H17FN2O2. The molecule has 3 aromatic rings. The first-order chi connectivity index (χ1) is 12.1. The third-order valence-corrected chi connectivity index (χ3v) is 3.61. The van der Waals surface area contributed by atoms with Gasteiger partial charge in [-0.1, -0.05) is 6.07 Å². The van der Waals surface area contributed by atoms with Crippen LogP contribution in [-0.4, -0.2) is 13.0 Å². The van der Waals surface area contributed by atoms with Gasteiger partial charge >= 0.3 is 0 Å². The average molecular weight is 336 g/mol. The van der Waals surface area contributed by atoms with Crippen LogP contribution in [0.25, 0.3) is 0 Å². The molecule has 126 valence electrons. The van der Waals surface area contributed by atoms with E-state index >= 15 is 0 Å². The summed E-state index contributed by atoms with van der Waals surface area (Å²) in [6.45, 7) is 0. The number of ether oxygens (including phenoxy) is 1. The zero-order valence-corrected chi connectivity index (χ0v) is 13.6. The molecule has 0 heterocycles. The van der Waals surface area contributed by atoms with Gasteiger partial charge in [0.15, 0.2) is 0 Å². The maximum absolute atomic E-state index is 12.9. The lowest BCUT2D eigenvalue weighted by Gasteiger charge is -2.10. The molecule has 4 nitrogen and oxygen atoms in total. The van der Waals surface area contributed by atoms with Gasteiger partial charge in [-0.15, -0.1) is 0 Å². The SMILES string of the molecule is COc1cccc(Nc2ccc(NC(=O)c3ccc(F)cc3)cc2)c1. The van der Waals surface area contributed by atoms with Crippen LogP contribution in [0.1, 0.15) is 10.4 Å². The summed E-state index contributed by atoms with van der Waals surface area (Å²) in [5.74, 6) is 0.117. The molecule has 0 fully saturated rings. The Balaban J connectivity index is 1.65. The fourth-order valence-corrected chi connectivity index (χ4v) is 2.31. The van der Waals surface area contributed by atoms with E-state index in [1.807, 2.05) is 36.4 Å². The van der Waals surface area contributed by atoms with E-state index in [4.69, 9.17) is 4.74 Å². The first-order valence-electron chi connectivity index (χ1n) is 7.72. The predicted octanol–water partition coefficient (Wildman–Crippen LogP) is 4.83. The molecule has 3 rings (SSSR count). The number of carbonyl (C=O) groups is 1. The molecule has 0 saturated carbocycles. The summed E-state index contributed by atoms with van der Waals surface area (Å²) in [6.07, 6.45) is 0. The highest BCUT2D eigenvalue weighted by atomic mass is 19.1. The van der Waals surface area contributed by atoms with E-state index in [-0.39, 0.29) is 11.7 Å². The van der Waals surface area contributed by atoms with Crippen molar-refractivity contribution in [3.05, 3.63) is 84.2 Å². The summed E-state index contributed by atoms with van der Waals surface area (Å²) in [5, 5.41) is 6.04. The van der Waals surface area contributed by atoms with Crippen molar-refractivity contribution in [1.82, 2.24) is 0 Å². The zero-order valence-electron chi connectivity index (χ0n) is 13.6. The van der Waals surface area contributed by atoms with Gasteiger partial charge in [0.25, 0.3) is 5.91 Å². The quantitative estimate of drug-likeness (QED) is 0.701. The van der Waals surface area contributed by atoms with E-state index in [0.717, 1.165) is 17.1 Å². The van der Waals surface area contributed by atoms with Gasteiger partial charge in [0, 0.05) is 28.7 Å². The number of methoxy groups -OCH3 is 1. The topological polar surface area (TPSA) is 50.4 Å². The van der Waals surface area contributed by atoms with E-state index in [1.54, 1.807) is 19.2 Å². The molecule has 0 atom stereocenters. The lowest BCUT2D eigenvalue weighted by molar-refractivity contribution is 0.102. The predicted molar refractivity (Wildman–Crippen MR) is 97.1 cm³/mol. The third kappa shape index (κ3) is 4.35. The maximum atomic E-state index is 12.9. The van der Waals surface area contributed by atoms with Crippen LogP contribution in [0, 0.1) is 5.82 Å². The Morgan fingerprint density at radius 1 is 0.880 bits per heavy atom. The van der Waals surface area contributed by atoms with E-state index in [9.17, 15) is 9.18 Å². The second-order valence-corrected chi connectivity index (χ2v) is 5.40. The Labute approximate surface area is 145 Å². The molecule has 3 aromatic carbocycles. The monoisotopic (exact) mass is 336 g/mol. The Morgan fingerprint density at radius 2 is 1.56 bits per heavy atom. The Hall–Kier alpha value is -3.34. The molecule has 0 bridgehead atoms. The van der Waals surface area contributed by atoms with Gasteiger partial charge in [-0.2, -0.15) is 0 Å². The van der Waals surface area contributed by atoms with Gasteiger partial charge < -0.3 is 15.4 Å². The first-order valence-corrected chi connectivity index (χ1v) is 7.72. The number of hydrogen-bond acceptors (Lipinski definition) is 3. The van der Waals surface area contributed by atoms with Crippen LogP contribution in [0.4, 0.5) is 21.5 Å². The smallest absolute Gasteiger partial charge is 0.255 e. The maximum Gasteiger partial charge on any atom is 0.255 e. The van der Waals surface area contributed by atoms with Gasteiger partial charge in [0.05, 0.1) is 7.11 Å². The molecular weight excluding hydrogens is 319 g/mol. The van der Waals surface area contributed by atoms with Gasteiger partial charge in [0.1, 0.15) is 11.6 Å². The van der Waals surface area contributed by atoms with Crippen molar-refractivity contribution in [3.63, 3.8) is 0 Å². The molecule has 2 N–H and O–H groups in total. The minimum absolute atomic E-state index is 0.284. The van der Waals surface area contributed by atoms with Crippen molar-refractivity contribution in [1.29, 1.82) is 0 Å². The average Bonchev–Trinajstić information content (AvgIpc) is 2.64. The summed E-state index contributed by atoms with van der Waals surface area (Å²) in [7, 11) is 1.62. The van der Waals surface area contributed by atoms with Crippen molar-refractivity contribution in [2.45, 2.75) is 0 Å². The molecule has 25 heavy (non-hydrogen) atoms. The van der Waals surface area contributed by atoms with E-state index in [0.29, 0.717) is 11.3 Å². The fourth-order valence-electron chi connectivity index (χ4n) is 2.31. The lowest BCUT2D eigenvalue weighted by Crippen LogP contribution is -2.11. The van der Waals surface area contributed by atoms with Crippen molar-refractivity contribution in [3.8, 4) is 5.75 Å². The number of rotatable bonds is 5. The number of hydrogen-bond donors (Lipinski definition) is 2. The van der Waals surface area contributed by atoms with E-state index in [2.05, 4.69) is 10.6 Å². The molecule has 5 heteroatoms. The summed E-state index contributed by atoms with van der Waals surface area (Å²) >= 11 is 0. The summed E-state index contributed by atoms with van der Waals surface area (Å²) < 4.78 is 18.1. The number of carbonyl (C=O) groups excluding carboxylic acids is 1. The van der Waals surface area contributed by atoms with Crippen LogP contribution in [-0.2, 0) is 0 Å². The highest BCUT2D eigenvalue weighted by molar-refractivity contribution is 6.04. The van der Waals surface area contributed by atoms with Crippen LogP contribution < -0.4 is 15.4 Å². The normalized spacial score (nSPS) is 10.2. The zero-order chi connectivity index (χ0) is 17.6. The van der Waals surface area contributed by atoms with Gasteiger partial charge in [-0.3, -0.25) is 4.79 Å². The number of anilines is 3. The minimum Gasteiger partial charge on any atom is -0.497 e. The lowest BCUT2D eigenvalue weighted by atomic mass is 10.2. The summed E-state index contributed by atoms with van der Waals surface area (Å²) in [5.41, 5.74) is 2.85. The van der Waals surface area contributed by atoms with Crippen molar-refractivity contribution < 1.29 is 13.9 Å². The molecule has 0 saturated heterocycles. The third-order valence-electron chi connectivity index (χ3n) is 3.61. The van der Waals surface area contributed by atoms with Gasteiger partial charge in [-0.25, -0.2) is 4.39 Å².